The molecule has 98 valence electrons. The first-order valence-corrected chi connectivity index (χ1v) is 7.11. The molecule has 0 aliphatic carbocycles. The summed E-state index contributed by atoms with van der Waals surface area (Å²) in [7, 11) is 0. The van der Waals surface area contributed by atoms with Gasteiger partial charge in [-0.2, -0.15) is 0 Å². The molecular formula is C11H20N2O3S. The topological polar surface area (TPSA) is 55.6 Å². The smallest absolute Gasteiger partial charge is 0.264 e. The van der Waals surface area contributed by atoms with Crippen LogP contribution >= 0.6 is 11.8 Å². The van der Waals surface area contributed by atoms with Crippen LogP contribution in [-0.2, 0) is 4.74 Å². The molecule has 0 amide bonds. The molecule has 1 heterocycles. The van der Waals surface area contributed by atoms with E-state index in [2.05, 4.69) is 11.8 Å². The van der Waals surface area contributed by atoms with E-state index in [1.54, 1.807) is 0 Å². The summed E-state index contributed by atoms with van der Waals surface area (Å²) in [4.78, 5) is 12.3. The number of ether oxygens (including phenoxy) is 1. The second-order valence-corrected chi connectivity index (χ2v) is 4.96. The fraction of sp³-hybridized carbons (Fsp3) is 0.818. The predicted octanol–water partition coefficient (Wildman–Crippen LogP) is 2.17. The van der Waals surface area contributed by atoms with Gasteiger partial charge < -0.3 is 9.64 Å². The summed E-state index contributed by atoms with van der Waals surface area (Å²) < 4.78 is 5.34. The van der Waals surface area contributed by atoms with Crippen LogP contribution in [-0.4, -0.2) is 42.4 Å². The van der Waals surface area contributed by atoms with E-state index in [4.69, 9.17) is 4.74 Å². The maximum Gasteiger partial charge on any atom is 0.264 e. The molecule has 1 saturated heterocycles. The summed E-state index contributed by atoms with van der Waals surface area (Å²) in [5, 5.41) is 11.3. The summed E-state index contributed by atoms with van der Waals surface area (Å²) in [6.45, 7) is 5.39. The maximum absolute atomic E-state index is 10.6. The third kappa shape index (κ3) is 4.95. The molecule has 1 fully saturated rings. The van der Waals surface area contributed by atoms with Crippen LogP contribution in [0.1, 0.15) is 19.8 Å². The lowest BCUT2D eigenvalue weighted by atomic mass is 10.1. The zero-order valence-electron chi connectivity index (χ0n) is 10.4. The summed E-state index contributed by atoms with van der Waals surface area (Å²) in [5.74, 6) is 0.504. The SMILES string of the molecule is CCCN(CC1CCOC1)C(=C[N+](=O)[O-])SC. The molecule has 6 heteroatoms. The number of nitrogens with zero attached hydrogens (tertiary/aromatic N) is 2. The lowest BCUT2D eigenvalue weighted by Crippen LogP contribution is -2.29. The Bertz CT molecular complexity index is 278. The average Bonchev–Trinajstić information content (AvgIpc) is 2.78. The average molecular weight is 260 g/mol. The monoisotopic (exact) mass is 260 g/mol. The van der Waals surface area contributed by atoms with Crippen molar-refractivity contribution < 1.29 is 9.66 Å². The summed E-state index contributed by atoms with van der Waals surface area (Å²) in [6, 6.07) is 0. The van der Waals surface area contributed by atoms with Crippen LogP contribution < -0.4 is 0 Å². The van der Waals surface area contributed by atoms with Gasteiger partial charge in [0.15, 0.2) is 0 Å². The van der Waals surface area contributed by atoms with E-state index in [1.165, 1.54) is 11.8 Å². The van der Waals surface area contributed by atoms with Gasteiger partial charge in [-0.05, 0) is 19.1 Å². The number of hydrogen-bond donors (Lipinski definition) is 0. The highest BCUT2D eigenvalue weighted by molar-refractivity contribution is 8.02. The summed E-state index contributed by atoms with van der Waals surface area (Å²) in [5.41, 5.74) is 0. The van der Waals surface area contributed by atoms with Crippen molar-refractivity contribution in [3.8, 4) is 0 Å². The molecule has 1 aliphatic heterocycles. The van der Waals surface area contributed by atoms with Crippen molar-refractivity contribution in [2.45, 2.75) is 19.8 Å². The van der Waals surface area contributed by atoms with Gasteiger partial charge in [0.2, 0.25) is 0 Å². The van der Waals surface area contributed by atoms with Crippen molar-refractivity contribution in [1.82, 2.24) is 4.90 Å². The molecule has 0 aromatic heterocycles. The van der Waals surface area contributed by atoms with Crippen molar-refractivity contribution >= 4 is 11.8 Å². The zero-order chi connectivity index (χ0) is 12.7. The molecule has 1 aliphatic rings. The van der Waals surface area contributed by atoms with E-state index in [0.717, 1.165) is 50.4 Å². The third-order valence-electron chi connectivity index (χ3n) is 2.73. The molecule has 0 spiro atoms. The first-order chi connectivity index (χ1) is 8.17. The Balaban J connectivity index is 2.64. The van der Waals surface area contributed by atoms with Crippen LogP contribution in [0.3, 0.4) is 0 Å². The Kier molecular flexibility index (Phi) is 6.36. The zero-order valence-corrected chi connectivity index (χ0v) is 11.2. The number of hydrogen-bond acceptors (Lipinski definition) is 5. The summed E-state index contributed by atoms with van der Waals surface area (Å²) >= 11 is 1.43. The van der Waals surface area contributed by atoms with Gasteiger partial charge in [-0.25, -0.2) is 0 Å². The molecule has 0 aromatic rings. The van der Waals surface area contributed by atoms with E-state index >= 15 is 0 Å². The van der Waals surface area contributed by atoms with Crippen LogP contribution in [0.4, 0.5) is 0 Å². The first-order valence-electron chi connectivity index (χ1n) is 5.89. The van der Waals surface area contributed by atoms with Crippen LogP contribution in [0.25, 0.3) is 0 Å². The highest BCUT2D eigenvalue weighted by Crippen LogP contribution is 2.22. The number of nitro groups is 1. The molecule has 5 nitrogen and oxygen atoms in total. The van der Waals surface area contributed by atoms with Crippen LogP contribution in [0.5, 0.6) is 0 Å². The van der Waals surface area contributed by atoms with Crippen LogP contribution in [0, 0.1) is 16.0 Å². The molecule has 0 saturated carbocycles. The Morgan fingerprint density at radius 2 is 2.47 bits per heavy atom. The molecule has 0 N–H and O–H groups in total. The van der Waals surface area contributed by atoms with Gasteiger partial charge in [-0.15, -0.1) is 11.8 Å². The molecular weight excluding hydrogens is 240 g/mol. The molecule has 17 heavy (non-hydrogen) atoms. The van der Waals surface area contributed by atoms with Crippen molar-refractivity contribution in [2.24, 2.45) is 5.92 Å². The molecule has 0 bridgehead atoms. The van der Waals surface area contributed by atoms with Crippen molar-refractivity contribution in [2.75, 3.05) is 32.6 Å². The molecule has 0 radical (unpaired) electrons. The van der Waals surface area contributed by atoms with E-state index in [9.17, 15) is 10.1 Å². The molecule has 1 atom stereocenters. The van der Waals surface area contributed by atoms with E-state index < -0.39 is 0 Å². The normalized spacial score (nSPS) is 20.6. The lowest BCUT2D eigenvalue weighted by molar-refractivity contribution is -0.403. The summed E-state index contributed by atoms with van der Waals surface area (Å²) in [6.07, 6.45) is 5.03. The molecule has 1 rings (SSSR count). The minimum atomic E-state index is -0.375. The fourth-order valence-corrected chi connectivity index (χ4v) is 2.57. The standard InChI is InChI=1S/C11H20N2O3S/c1-3-5-12(7-10-4-6-16-9-10)11(17-2)8-13(14)15/h8,10H,3-7,9H2,1-2H3. The highest BCUT2D eigenvalue weighted by Gasteiger charge is 2.21. The fourth-order valence-electron chi connectivity index (χ4n) is 1.95. The van der Waals surface area contributed by atoms with Gasteiger partial charge in [-0.3, -0.25) is 10.1 Å². The predicted molar refractivity (Wildman–Crippen MR) is 69.4 cm³/mol. The van der Waals surface area contributed by atoms with Crippen molar-refractivity contribution in [1.29, 1.82) is 0 Å². The van der Waals surface area contributed by atoms with Gasteiger partial charge in [0.25, 0.3) is 6.20 Å². The Labute approximate surface area is 106 Å². The lowest BCUT2D eigenvalue weighted by Gasteiger charge is -2.26. The van der Waals surface area contributed by atoms with E-state index in [0.29, 0.717) is 5.92 Å². The molecule has 0 aromatic carbocycles. The maximum atomic E-state index is 10.6. The van der Waals surface area contributed by atoms with Gasteiger partial charge in [0.05, 0.1) is 11.5 Å². The minimum Gasteiger partial charge on any atom is -0.381 e. The number of rotatable bonds is 7. The quantitative estimate of drug-likeness (QED) is 0.518. The van der Waals surface area contributed by atoms with Crippen molar-refractivity contribution in [3.63, 3.8) is 0 Å². The minimum absolute atomic E-state index is 0.375. The Morgan fingerprint density at radius 1 is 1.71 bits per heavy atom. The number of thioether (sulfide) groups is 1. The third-order valence-corrected chi connectivity index (χ3v) is 3.51. The largest absolute Gasteiger partial charge is 0.381 e. The second-order valence-electron chi connectivity index (χ2n) is 4.13. The van der Waals surface area contributed by atoms with Gasteiger partial charge in [0.1, 0.15) is 5.03 Å². The van der Waals surface area contributed by atoms with Crippen LogP contribution in [0.2, 0.25) is 0 Å². The highest BCUT2D eigenvalue weighted by atomic mass is 32.2. The molecule has 1 unspecified atom stereocenters. The van der Waals surface area contributed by atoms with Gasteiger partial charge in [-0.1, -0.05) is 6.92 Å². The van der Waals surface area contributed by atoms with Gasteiger partial charge in [0, 0.05) is 25.6 Å². The van der Waals surface area contributed by atoms with Crippen LogP contribution in [0.15, 0.2) is 11.2 Å². The van der Waals surface area contributed by atoms with Gasteiger partial charge >= 0.3 is 0 Å². The first kappa shape index (κ1) is 14.3. The van der Waals surface area contributed by atoms with Crippen molar-refractivity contribution in [3.05, 3.63) is 21.3 Å². The van der Waals surface area contributed by atoms with E-state index in [1.807, 2.05) is 6.26 Å². The Morgan fingerprint density at radius 3 is 2.94 bits per heavy atom. The van der Waals surface area contributed by atoms with E-state index in [-0.39, 0.29) is 4.92 Å². The second kappa shape index (κ2) is 7.55. The Hall–Kier alpha value is -0.750.